The summed E-state index contributed by atoms with van der Waals surface area (Å²) in [5, 5.41) is 1.83. The highest BCUT2D eigenvalue weighted by Gasteiger charge is 2.02. The van der Waals surface area contributed by atoms with E-state index in [9.17, 15) is 4.79 Å². The summed E-state index contributed by atoms with van der Waals surface area (Å²) in [6.07, 6.45) is 4.14. The molecular weight excluding hydrogens is 172 g/mol. The Bertz CT molecular complexity index is 373. The van der Waals surface area contributed by atoms with Crippen LogP contribution in [0.25, 0.3) is 10.4 Å². The van der Waals surface area contributed by atoms with Crippen molar-refractivity contribution in [2.75, 3.05) is 0 Å². The number of hydrogen-bond donors (Lipinski definition) is 0. The van der Waals surface area contributed by atoms with Crippen molar-refractivity contribution < 1.29 is 9.21 Å². The van der Waals surface area contributed by atoms with Gasteiger partial charge in [-0.1, -0.05) is 0 Å². The Hall–Kier alpha value is -1.35. The first-order valence-electron chi connectivity index (χ1n) is 3.46. The van der Waals surface area contributed by atoms with Crippen molar-refractivity contribution in [1.82, 2.24) is 0 Å². The van der Waals surface area contributed by atoms with Gasteiger partial charge in [-0.3, -0.25) is 4.79 Å². The summed E-state index contributed by atoms with van der Waals surface area (Å²) in [5.74, 6) is 0. The fraction of sp³-hybridized carbons (Fsp3) is 0. The molecule has 0 unspecified atom stereocenters. The Balaban J connectivity index is 2.41. The van der Waals surface area contributed by atoms with Gasteiger partial charge >= 0.3 is 0 Å². The third-order valence-corrected chi connectivity index (χ3v) is 2.56. The first-order valence-corrected chi connectivity index (χ1v) is 4.34. The first-order chi connectivity index (χ1) is 5.90. The first kappa shape index (κ1) is 7.31. The number of carbonyl (C=O) groups excluding carboxylic acids is 1. The van der Waals surface area contributed by atoms with Crippen LogP contribution in [-0.4, -0.2) is 6.29 Å². The molecule has 2 rings (SSSR count). The molecule has 0 spiro atoms. The van der Waals surface area contributed by atoms with E-state index in [0.29, 0.717) is 0 Å². The van der Waals surface area contributed by atoms with Crippen LogP contribution < -0.4 is 0 Å². The molecule has 0 radical (unpaired) electrons. The lowest BCUT2D eigenvalue weighted by Crippen LogP contribution is -1.68. The summed E-state index contributed by atoms with van der Waals surface area (Å²) in [7, 11) is 0. The molecule has 0 aliphatic carbocycles. The normalized spacial score (nSPS) is 10.0. The number of aldehydes is 1. The molecule has 2 aromatic heterocycles. The molecule has 0 N–H and O–H groups in total. The smallest absolute Gasteiger partial charge is 0.150 e. The van der Waals surface area contributed by atoms with Crippen LogP contribution in [0.3, 0.4) is 0 Å². The number of furan rings is 1. The zero-order valence-electron chi connectivity index (χ0n) is 6.19. The summed E-state index contributed by atoms with van der Waals surface area (Å²) < 4.78 is 4.93. The largest absolute Gasteiger partial charge is 0.472 e. The van der Waals surface area contributed by atoms with E-state index >= 15 is 0 Å². The van der Waals surface area contributed by atoms with Crippen molar-refractivity contribution in [3.8, 4) is 10.4 Å². The van der Waals surface area contributed by atoms with Crippen molar-refractivity contribution in [3.05, 3.63) is 35.6 Å². The molecule has 2 aromatic rings. The molecular formula is C9H6O2S. The summed E-state index contributed by atoms with van der Waals surface area (Å²) in [6, 6.07) is 3.73. The van der Waals surface area contributed by atoms with Gasteiger partial charge in [0.1, 0.15) is 0 Å². The molecule has 0 aromatic carbocycles. The summed E-state index contributed by atoms with van der Waals surface area (Å²) >= 11 is 1.54. The van der Waals surface area contributed by atoms with Crippen LogP contribution >= 0.6 is 11.3 Å². The molecule has 3 heteroatoms. The van der Waals surface area contributed by atoms with Gasteiger partial charge in [-0.2, -0.15) is 0 Å². The lowest BCUT2D eigenvalue weighted by Gasteiger charge is -1.84. The Morgan fingerprint density at radius 1 is 1.50 bits per heavy atom. The Morgan fingerprint density at radius 2 is 2.42 bits per heavy atom. The Morgan fingerprint density at radius 3 is 3.00 bits per heavy atom. The minimum Gasteiger partial charge on any atom is -0.472 e. The highest BCUT2D eigenvalue weighted by Crippen LogP contribution is 2.26. The maximum atomic E-state index is 10.4. The van der Waals surface area contributed by atoms with Crippen molar-refractivity contribution >= 4 is 17.6 Å². The lowest BCUT2D eigenvalue weighted by atomic mass is 10.2. The van der Waals surface area contributed by atoms with Gasteiger partial charge in [0.25, 0.3) is 0 Å². The fourth-order valence-corrected chi connectivity index (χ4v) is 1.81. The predicted molar refractivity (Wildman–Crippen MR) is 47.4 cm³/mol. The SMILES string of the molecule is O=Cc1csc(-c2ccoc2)c1. The molecule has 60 valence electrons. The molecule has 0 fully saturated rings. The second-order valence-corrected chi connectivity index (χ2v) is 3.29. The molecule has 2 nitrogen and oxygen atoms in total. The summed E-state index contributed by atoms with van der Waals surface area (Å²) in [6.45, 7) is 0. The lowest BCUT2D eigenvalue weighted by molar-refractivity contribution is 0.112. The molecule has 0 atom stereocenters. The van der Waals surface area contributed by atoms with Crippen LogP contribution in [0.15, 0.2) is 34.5 Å². The van der Waals surface area contributed by atoms with Gasteiger partial charge in [-0.25, -0.2) is 0 Å². The molecule has 0 aliphatic rings. The van der Waals surface area contributed by atoms with Crippen molar-refractivity contribution in [2.45, 2.75) is 0 Å². The molecule has 0 aliphatic heterocycles. The standard InChI is InChI=1S/C9H6O2S/c10-4-7-3-9(12-6-7)8-1-2-11-5-8/h1-6H. The number of rotatable bonds is 2. The Labute approximate surface area is 73.4 Å². The quantitative estimate of drug-likeness (QED) is 0.662. The number of hydrogen-bond acceptors (Lipinski definition) is 3. The third-order valence-electron chi connectivity index (χ3n) is 1.56. The van der Waals surface area contributed by atoms with Crippen LogP contribution in [0.1, 0.15) is 10.4 Å². The van der Waals surface area contributed by atoms with Crippen molar-refractivity contribution in [1.29, 1.82) is 0 Å². The third kappa shape index (κ3) is 1.19. The van der Waals surface area contributed by atoms with Crippen LogP contribution in [-0.2, 0) is 0 Å². The molecule has 0 bridgehead atoms. The predicted octanol–water partition coefficient (Wildman–Crippen LogP) is 2.82. The van der Waals surface area contributed by atoms with Crippen molar-refractivity contribution in [2.24, 2.45) is 0 Å². The van der Waals surface area contributed by atoms with Crippen LogP contribution in [0, 0.1) is 0 Å². The van der Waals surface area contributed by atoms with Gasteiger partial charge < -0.3 is 4.42 Å². The Kier molecular flexibility index (Phi) is 1.80. The van der Waals surface area contributed by atoms with Crippen LogP contribution in [0.2, 0.25) is 0 Å². The molecule has 0 saturated heterocycles. The van der Waals surface area contributed by atoms with E-state index in [1.165, 1.54) is 0 Å². The molecule has 2 heterocycles. The van der Waals surface area contributed by atoms with Gasteiger partial charge in [0.2, 0.25) is 0 Å². The molecule has 0 amide bonds. The van der Waals surface area contributed by atoms with E-state index in [1.54, 1.807) is 23.9 Å². The maximum Gasteiger partial charge on any atom is 0.150 e. The van der Waals surface area contributed by atoms with E-state index in [0.717, 1.165) is 22.3 Å². The van der Waals surface area contributed by atoms with Gasteiger partial charge in [0, 0.05) is 21.4 Å². The van der Waals surface area contributed by atoms with E-state index < -0.39 is 0 Å². The monoisotopic (exact) mass is 178 g/mol. The van der Waals surface area contributed by atoms with Gasteiger partial charge in [0.05, 0.1) is 12.5 Å². The van der Waals surface area contributed by atoms with Gasteiger partial charge in [-0.15, -0.1) is 11.3 Å². The summed E-state index contributed by atoms with van der Waals surface area (Å²) in [4.78, 5) is 11.4. The topological polar surface area (TPSA) is 30.2 Å². The minimum atomic E-state index is 0.719. The fourth-order valence-electron chi connectivity index (χ4n) is 0.969. The van der Waals surface area contributed by atoms with E-state index in [1.807, 2.05) is 17.5 Å². The van der Waals surface area contributed by atoms with Gasteiger partial charge in [0.15, 0.2) is 6.29 Å². The number of carbonyl (C=O) groups is 1. The molecule has 0 saturated carbocycles. The number of thiophene rings is 1. The minimum absolute atomic E-state index is 0.719. The van der Waals surface area contributed by atoms with Crippen LogP contribution in [0.4, 0.5) is 0 Å². The van der Waals surface area contributed by atoms with Crippen LogP contribution in [0.5, 0.6) is 0 Å². The zero-order chi connectivity index (χ0) is 8.39. The highest BCUT2D eigenvalue weighted by molar-refractivity contribution is 7.13. The zero-order valence-corrected chi connectivity index (χ0v) is 7.01. The van der Waals surface area contributed by atoms with E-state index in [2.05, 4.69) is 0 Å². The highest BCUT2D eigenvalue weighted by atomic mass is 32.1. The van der Waals surface area contributed by atoms with E-state index in [4.69, 9.17) is 4.42 Å². The second kappa shape index (κ2) is 2.95. The van der Waals surface area contributed by atoms with Gasteiger partial charge in [-0.05, 0) is 12.1 Å². The molecule has 12 heavy (non-hydrogen) atoms. The van der Waals surface area contributed by atoms with E-state index in [-0.39, 0.29) is 0 Å². The van der Waals surface area contributed by atoms with Crippen molar-refractivity contribution in [3.63, 3.8) is 0 Å². The average Bonchev–Trinajstić information content (AvgIpc) is 2.75. The summed E-state index contributed by atoms with van der Waals surface area (Å²) in [5.41, 5.74) is 1.74. The maximum absolute atomic E-state index is 10.4. The average molecular weight is 178 g/mol. The second-order valence-electron chi connectivity index (χ2n) is 2.37.